The number of aromatic nitrogens is 3. The van der Waals surface area contributed by atoms with E-state index in [2.05, 4.69) is 27.4 Å². The Morgan fingerprint density at radius 3 is 2.94 bits per heavy atom. The topological polar surface area (TPSA) is 96.7 Å². The van der Waals surface area contributed by atoms with Crippen LogP contribution < -0.4 is 11.1 Å². The molecule has 6 heteroatoms. The third kappa shape index (κ3) is 3.18. The van der Waals surface area contributed by atoms with Crippen LogP contribution in [0.3, 0.4) is 0 Å². The van der Waals surface area contributed by atoms with E-state index in [1.165, 1.54) is 19.3 Å². The molecule has 2 rings (SSSR count). The van der Waals surface area contributed by atoms with Gasteiger partial charge >= 0.3 is 0 Å². The van der Waals surface area contributed by atoms with Gasteiger partial charge in [-0.25, -0.2) is 0 Å². The first-order valence-corrected chi connectivity index (χ1v) is 6.14. The molecule has 0 aliphatic heterocycles. The third-order valence-electron chi connectivity index (χ3n) is 3.31. The average Bonchev–Trinajstić information content (AvgIpc) is 2.62. The Morgan fingerprint density at radius 1 is 1.41 bits per heavy atom. The van der Waals surface area contributed by atoms with Crippen molar-refractivity contribution in [1.82, 2.24) is 20.5 Å². The second kappa shape index (κ2) is 5.16. The lowest BCUT2D eigenvalue weighted by Gasteiger charge is -2.15. The quantitative estimate of drug-likeness (QED) is 0.671. The summed E-state index contributed by atoms with van der Waals surface area (Å²) in [6.45, 7) is 2.27. The van der Waals surface area contributed by atoms with E-state index in [4.69, 9.17) is 5.73 Å². The Bertz CT molecular complexity index is 389. The molecule has 1 aliphatic carbocycles. The number of H-pyrrole nitrogens is 1. The summed E-state index contributed by atoms with van der Waals surface area (Å²) in [5, 5.41) is 9.14. The standard InChI is InChI=1S/C11H19N5O/c1-7-3-2-4-8(6-5-7)13-10(17)9-14-11(12)16-15-9/h7-8H,2-6H2,1H3,(H,13,17)(H3,12,14,15,16). The molecule has 17 heavy (non-hydrogen) atoms. The zero-order valence-corrected chi connectivity index (χ0v) is 10.1. The number of hydrogen-bond acceptors (Lipinski definition) is 4. The van der Waals surface area contributed by atoms with Gasteiger partial charge < -0.3 is 11.1 Å². The Morgan fingerprint density at radius 2 is 2.24 bits per heavy atom. The molecule has 94 valence electrons. The first-order chi connectivity index (χ1) is 8.15. The van der Waals surface area contributed by atoms with Crippen molar-refractivity contribution in [2.24, 2.45) is 5.92 Å². The fourth-order valence-electron chi connectivity index (χ4n) is 2.26. The van der Waals surface area contributed by atoms with Gasteiger partial charge in [-0.3, -0.25) is 9.89 Å². The van der Waals surface area contributed by atoms with Crippen molar-refractivity contribution < 1.29 is 4.79 Å². The van der Waals surface area contributed by atoms with E-state index in [0.717, 1.165) is 18.8 Å². The number of carbonyl (C=O) groups is 1. The van der Waals surface area contributed by atoms with Gasteiger partial charge in [0.05, 0.1) is 0 Å². The fourth-order valence-corrected chi connectivity index (χ4v) is 2.26. The van der Waals surface area contributed by atoms with Gasteiger partial charge in [0.1, 0.15) is 0 Å². The van der Waals surface area contributed by atoms with E-state index >= 15 is 0 Å². The van der Waals surface area contributed by atoms with Crippen molar-refractivity contribution in [2.75, 3.05) is 5.73 Å². The van der Waals surface area contributed by atoms with Crippen LogP contribution in [0.4, 0.5) is 5.95 Å². The molecule has 2 atom stereocenters. The number of rotatable bonds is 2. The molecule has 4 N–H and O–H groups in total. The maximum absolute atomic E-state index is 11.8. The summed E-state index contributed by atoms with van der Waals surface area (Å²) in [7, 11) is 0. The number of hydrogen-bond donors (Lipinski definition) is 3. The highest BCUT2D eigenvalue weighted by molar-refractivity contribution is 5.90. The molecular weight excluding hydrogens is 218 g/mol. The largest absolute Gasteiger partial charge is 0.366 e. The Balaban J connectivity index is 1.90. The number of amides is 1. The van der Waals surface area contributed by atoms with Crippen molar-refractivity contribution in [2.45, 2.75) is 45.1 Å². The Hall–Kier alpha value is -1.59. The third-order valence-corrected chi connectivity index (χ3v) is 3.31. The lowest BCUT2D eigenvalue weighted by atomic mass is 10.0. The zero-order chi connectivity index (χ0) is 12.3. The Kier molecular flexibility index (Phi) is 3.61. The number of aromatic amines is 1. The van der Waals surface area contributed by atoms with Crippen LogP contribution in [-0.2, 0) is 0 Å². The summed E-state index contributed by atoms with van der Waals surface area (Å²) < 4.78 is 0. The molecule has 0 saturated heterocycles. The van der Waals surface area contributed by atoms with Crippen LogP contribution in [0, 0.1) is 5.92 Å². The van der Waals surface area contributed by atoms with Crippen molar-refractivity contribution >= 4 is 11.9 Å². The van der Waals surface area contributed by atoms with E-state index in [-0.39, 0.29) is 23.7 Å². The van der Waals surface area contributed by atoms with Gasteiger partial charge in [-0.1, -0.05) is 19.8 Å². The molecule has 1 fully saturated rings. The smallest absolute Gasteiger partial charge is 0.288 e. The van der Waals surface area contributed by atoms with Crippen LogP contribution in [0.15, 0.2) is 0 Å². The van der Waals surface area contributed by atoms with E-state index in [9.17, 15) is 4.79 Å². The molecule has 1 saturated carbocycles. The highest BCUT2D eigenvalue weighted by atomic mass is 16.2. The van der Waals surface area contributed by atoms with Gasteiger partial charge in [0.2, 0.25) is 11.8 Å². The second-order valence-electron chi connectivity index (χ2n) is 4.83. The SMILES string of the molecule is CC1CCCC(NC(=O)c2nc(N)n[nH]2)CC1. The molecule has 0 radical (unpaired) electrons. The first-order valence-electron chi connectivity index (χ1n) is 6.14. The van der Waals surface area contributed by atoms with Gasteiger partial charge in [-0.15, -0.1) is 5.10 Å². The molecule has 1 aromatic rings. The maximum atomic E-state index is 11.8. The summed E-state index contributed by atoms with van der Waals surface area (Å²) in [4.78, 5) is 15.6. The Labute approximate surface area is 100 Å². The summed E-state index contributed by atoms with van der Waals surface area (Å²) in [5.74, 6) is 0.844. The van der Waals surface area contributed by atoms with Crippen LogP contribution in [0.5, 0.6) is 0 Å². The minimum Gasteiger partial charge on any atom is -0.366 e. The molecule has 0 spiro atoms. The predicted molar refractivity (Wildman–Crippen MR) is 64.3 cm³/mol. The summed E-state index contributed by atoms with van der Waals surface area (Å²) in [6.07, 6.45) is 5.67. The van der Waals surface area contributed by atoms with Crippen molar-refractivity contribution in [3.8, 4) is 0 Å². The van der Waals surface area contributed by atoms with Crippen molar-refractivity contribution in [3.05, 3.63) is 5.82 Å². The van der Waals surface area contributed by atoms with Gasteiger partial charge in [-0.2, -0.15) is 4.98 Å². The normalized spacial score (nSPS) is 25.2. The van der Waals surface area contributed by atoms with Crippen LogP contribution in [0.1, 0.15) is 49.6 Å². The molecule has 2 unspecified atom stereocenters. The van der Waals surface area contributed by atoms with E-state index in [1.54, 1.807) is 0 Å². The van der Waals surface area contributed by atoms with Crippen molar-refractivity contribution in [1.29, 1.82) is 0 Å². The highest BCUT2D eigenvalue weighted by Crippen LogP contribution is 2.22. The summed E-state index contributed by atoms with van der Waals surface area (Å²) >= 11 is 0. The molecule has 1 heterocycles. The van der Waals surface area contributed by atoms with Crippen LogP contribution >= 0.6 is 0 Å². The first kappa shape index (κ1) is 11.9. The number of nitrogens with two attached hydrogens (primary N) is 1. The van der Waals surface area contributed by atoms with E-state index in [1.807, 2.05) is 0 Å². The second-order valence-corrected chi connectivity index (χ2v) is 4.83. The average molecular weight is 237 g/mol. The van der Waals surface area contributed by atoms with Gasteiger partial charge in [0, 0.05) is 6.04 Å². The molecule has 0 aromatic carbocycles. The van der Waals surface area contributed by atoms with Crippen LogP contribution in [0.2, 0.25) is 0 Å². The number of carbonyl (C=O) groups excluding carboxylic acids is 1. The van der Waals surface area contributed by atoms with Crippen LogP contribution in [-0.4, -0.2) is 27.1 Å². The number of nitrogen functional groups attached to an aromatic ring is 1. The monoisotopic (exact) mass is 237 g/mol. The minimum atomic E-state index is -0.214. The number of anilines is 1. The molecule has 0 bridgehead atoms. The summed E-state index contributed by atoms with van der Waals surface area (Å²) in [5.41, 5.74) is 5.36. The highest BCUT2D eigenvalue weighted by Gasteiger charge is 2.19. The van der Waals surface area contributed by atoms with Gasteiger partial charge in [0.15, 0.2) is 0 Å². The molecule has 6 nitrogen and oxygen atoms in total. The minimum absolute atomic E-state index is 0.102. The lowest BCUT2D eigenvalue weighted by Crippen LogP contribution is -2.35. The molecule has 1 aromatic heterocycles. The molecule has 1 amide bonds. The maximum Gasteiger partial charge on any atom is 0.288 e. The van der Waals surface area contributed by atoms with Gasteiger partial charge in [-0.05, 0) is 25.2 Å². The van der Waals surface area contributed by atoms with E-state index in [0.29, 0.717) is 0 Å². The van der Waals surface area contributed by atoms with Crippen molar-refractivity contribution in [3.63, 3.8) is 0 Å². The number of nitrogens with zero attached hydrogens (tertiary/aromatic N) is 2. The molecule has 1 aliphatic rings. The van der Waals surface area contributed by atoms with Gasteiger partial charge in [0.25, 0.3) is 5.91 Å². The number of nitrogens with one attached hydrogen (secondary N) is 2. The fraction of sp³-hybridized carbons (Fsp3) is 0.727. The molecular formula is C11H19N5O. The summed E-state index contributed by atoms with van der Waals surface area (Å²) in [6, 6.07) is 0.249. The lowest BCUT2D eigenvalue weighted by molar-refractivity contribution is 0.0923. The predicted octanol–water partition coefficient (Wildman–Crippen LogP) is 1.09. The van der Waals surface area contributed by atoms with Crippen LogP contribution in [0.25, 0.3) is 0 Å². The van der Waals surface area contributed by atoms with E-state index < -0.39 is 0 Å². The zero-order valence-electron chi connectivity index (χ0n) is 10.1.